The number of nitrogens with one attached hydrogen (secondary N) is 1. The van der Waals surface area contributed by atoms with E-state index in [1.807, 2.05) is 38.1 Å². The molecule has 6 nitrogen and oxygen atoms in total. The molecule has 0 aliphatic rings. The molecular weight excluding hydrogens is 298 g/mol. The minimum Gasteiger partial charge on any atom is -0.497 e. The van der Waals surface area contributed by atoms with Crippen molar-refractivity contribution >= 4 is 11.9 Å². The maximum atomic E-state index is 12.1. The fraction of sp³-hybridized carbons (Fsp3) is 0.529. The van der Waals surface area contributed by atoms with Crippen molar-refractivity contribution in [3.05, 3.63) is 29.8 Å². The van der Waals surface area contributed by atoms with Gasteiger partial charge in [0.1, 0.15) is 17.9 Å². The first-order valence-electron chi connectivity index (χ1n) is 7.61. The lowest BCUT2D eigenvalue weighted by Gasteiger charge is -2.19. The molecule has 1 rings (SSSR count). The molecule has 0 spiro atoms. The lowest BCUT2D eigenvalue weighted by Crippen LogP contribution is -2.46. The molecule has 0 saturated heterocycles. The number of rotatable bonds is 9. The van der Waals surface area contributed by atoms with Gasteiger partial charge in [0.15, 0.2) is 0 Å². The summed E-state index contributed by atoms with van der Waals surface area (Å²) in [5.41, 5.74) is 0.876. The van der Waals surface area contributed by atoms with Gasteiger partial charge in [-0.15, -0.1) is 0 Å². The lowest BCUT2D eigenvalue weighted by atomic mass is 10.0. The van der Waals surface area contributed by atoms with Gasteiger partial charge >= 0.3 is 5.97 Å². The van der Waals surface area contributed by atoms with Crippen LogP contribution < -0.4 is 10.1 Å². The van der Waals surface area contributed by atoms with Gasteiger partial charge in [0.05, 0.1) is 13.7 Å². The number of amides is 1. The van der Waals surface area contributed by atoms with Crippen LogP contribution >= 0.6 is 0 Å². The van der Waals surface area contributed by atoms with E-state index in [0.717, 1.165) is 5.56 Å². The van der Waals surface area contributed by atoms with Gasteiger partial charge in [-0.05, 0) is 37.0 Å². The van der Waals surface area contributed by atoms with E-state index in [0.29, 0.717) is 12.2 Å². The summed E-state index contributed by atoms with van der Waals surface area (Å²) in [7, 11) is 1.58. The van der Waals surface area contributed by atoms with Crippen LogP contribution in [0.5, 0.6) is 5.75 Å². The Morgan fingerprint density at radius 3 is 2.52 bits per heavy atom. The normalized spacial score (nSPS) is 13.4. The zero-order chi connectivity index (χ0) is 17.4. The Morgan fingerprint density at radius 1 is 1.26 bits per heavy atom. The SMILES string of the molecule is COc1cccc(COC(C)C(=O)N[C@@H](CC(C)C)C(=O)O)c1. The highest BCUT2D eigenvalue weighted by atomic mass is 16.5. The second-order valence-corrected chi connectivity index (χ2v) is 5.83. The van der Waals surface area contributed by atoms with Crippen molar-refractivity contribution in [2.45, 2.75) is 45.9 Å². The third-order valence-corrected chi connectivity index (χ3v) is 3.33. The molecule has 0 fully saturated rings. The number of benzene rings is 1. The Kier molecular flexibility index (Phi) is 7.54. The number of hydrogen-bond donors (Lipinski definition) is 2. The predicted molar refractivity (Wildman–Crippen MR) is 86.3 cm³/mol. The van der Waals surface area contributed by atoms with Crippen LogP contribution in [0.4, 0.5) is 0 Å². The molecule has 1 unspecified atom stereocenters. The second kappa shape index (κ2) is 9.15. The van der Waals surface area contributed by atoms with E-state index in [9.17, 15) is 9.59 Å². The van der Waals surface area contributed by atoms with E-state index in [2.05, 4.69) is 5.32 Å². The second-order valence-electron chi connectivity index (χ2n) is 5.83. The molecule has 23 heavy (non-hydrogen) atoms. The van der Waals surface area contributed by atoms with Gasteiger partial charge < -0.3 is 19.9 Å². The minimum atomic E-state index is -1.04. The Morgan fingerprint density at radius 2 is 1.96 bits per heavy atom. The first-order chi connectivity index (χ1) is 10.8. The van der Waals surface area contributed by atoms with Gasteiger partial charge in [-0.2, -0.15) is 0 Å². The molecule has 1 aromatic carbocycles. The molecule has 0 radical (unpaired) electrons. The summed E-state index contributed by atoms with van der Waals surface area (Å²) in [6, 6.07) is 6.45. The molecule has 0 heterocycles. The maximum absolute atomic E-state index is 12.1. The first-order valence-corrected chi connectivity index (χ1v) is 7.61. The first kappa shape index (κ1) is 19.0. The number of methoxy groups -OCH3 is 1. The maximum Gasteiger partial charge on any atom is 0.326 e. The number of carboxylic acid groups (broad SMARTS) is 1. The van der Waals surface area contributed by atoms with Crippen molar-refractivity contribution in [2.75, 3.05) is 7.11 Å². The number of aliphatic carboxylic acids is 1. The topological polar surface area (TPSA) is 84.9 Å². The molecule has 0 aliphatic heterocycles. The van der Waals surface area contributed by atoms with Crippen molar-refractivity contribution < 1.29 is 24.2 Å². The summed E-state index contributed by atoms with van der Waals surface area (Å²) < 4.78 is 10.6. The number of carboxylic acids is 1. The van der Waals surface area contributed by atoms with E-state index in [4.69, 9.17) is 14.6 Å². The van der Waals surface area contributed by atoms with Gasteiger partial charge in [-0.3, -0.25) is 4.79 Å². The highest BCUT2D eigenvalue weighted by molar-refractivity contribution is 5.86. The van der Waals surface area contributed by atoms with Crippen LogP contribution in [0.25, 0.3) is 0 Å². The minimum absolute atomic E-state index is 0.171. The molecule has 0 aromatic heterocycles. The molecule has 0 saturated carbocycles. The molecule has 128 valence electrons. The van der Waals surface area contributed by atoms with Crippen molar-refractivity contribution in [3.8, 4) is 5.75 Å². The van der Waals surface area contributed by atoms with E-state index >= 15 is 0 Å². The Balaban J connectivity index is 2.53. The largest absolute Gasteiger partial charge is 0.497 e. The number of ether oxygens (including phenoxy) is 2. The molecule has 1 amide bonds. The van der Waals surface area contributed by atoms with Crippen molar-refractivity contribution in [1.82, 2.24) is 5.32 Å². The third-order valence-electron chi connectivity index (χ3n) is 3.33. The molecular formula is C17H25NO5. The van der Waals surface area contributed by atoms with Crippen LogP contribution in [0, 0.1) is 5.92 Å². The Bertz CT molecular complexity index is 529. The monoisotopic (exact) mass is 323 g/mol. The predicted octanol–water partition coefficient (Wildman–Crippen LogP) is 2.22. The van der Waals surface area contributed by atoms with E-state index < -0.39 is 24.0 Å². The standard InChI is InChI=1S/C17H25NO5/c1-11(2)8-15(17(20)21)18-16(19)12(3)23-10-13-6-5-7-14(9-13)22-4/h5-7,9,11-12,15H,8,10H2,1-4H3,(H,18,19)(H,20,21)/t12?,15-/m0/s1. The van der Waals surface area contributed by atoms with E-state index in [1.165, 1.54) is 0 Å². The van der Waals surface area contributed by atoms with Crippen LogP contribution in [0.3, 0.4) is 0 Å². The molecule has 6 heteroatoms. The van der Waals surface area contributed by atoms with Gasteiger partial charge in [0.25, 0.3) is 0 Å². The Labute approximate surface area is 136 Å². The third kappa shape index (κ3) is 6.69. The molecule has 2 N–H and O–H groups in total. The van der Waals surface area contributed by atoms with Gasteiger partial charge in [-0.25, -0.2) is 4.79 Å². The van der Waals surface area contributed by atoms with Gasteiger partial charge in [-0.1, -0.05) is 26.0 Å². The highest BCUT2D eigenvalue weighted by Crippen LogP contribution is 2.14. The molecule has 2 atom stereocenters. The zero-order valence-corrected chi connectivity index (χ0v) is 14.0. The van der Waals surface area contributed by atoms with Crippen LogP contribution in [-0.2, 0) is 20.9 Å². The smallest absolute Gasteiger partial charge is 0.326 e. The van der Waals surface area contributed by atoms with E-state index in [-0.39, 0.29) is 12.5 Å². The van der Waals surface area contributed by atoms with Crippen LogP contribution in [0.15, 0.2) is 24.3 Å². The van der Waals surface area contributed by atoms with Gasteiger partial charge in [0.2, 0.25) is 5.91 Å². The summed E-state index contributed by atoms with van der Waals surface area (Å²) >= 11 is 0. The summed E-state index contributed by atoms with van der Waals surface area (Å²) in [6.45, 7) is 5.66. The highest BCUT2D eigenvalue weighted by Gasteiger charge is 2.24. The number of hydrogen-bond acceptors (Lipinski definition) is 4. The lowest BCUT2D eigenvalue weighted by molar-refractivity contribution is -0.144. The number of carbonyl (C=O) groups is 2. The van der Waals surface area contributed by atoms with Crippen molar-refractivity contribution in [2.24, 2.45) is 5.92 Å². The van der Waals surface area contributed by atoms with E-state index in [1.54, 1.807) is 14.0 Å². The summed E-state index contributed by atoms with van der Waals surface area (Å²) in [6.07, 6.45) is -0.362. The van der Waals surface area contributed by atoms with Crippen LogP contribution in [0.1, 0.15) is 32.8 Å². The molecule has 1 aromatic rings. The average Bonchev–Trinajstić information content (AvgIpc) is 2.51. The van der Waals surface area contributed by atoms with Crippen LogP contribution in [0.2, 0.25) is 0 Å². The van der Waals surface area contributed by atoms with Crippen LogP contribution in [-0.4, -0.2) is 36.2 Å². The zero-order valence-electron chi connectivity index (χ0n) is 14.0. The molecule has 0 aliphatic carbocycles. The fourth-order valence-corrected chi connectivity index (χ4v) is 2.04. The Hall–Kier alpha value is -2.08. The average molecular weight is 323 g/mol. The fourth-order valence-electron chi connectivity index (χ4n) is 2.04. The van der Waals surface area contributed by atoms with Crippen molar-refractivity contribution in [3.63, 3.8) is 0 Å². The number of carbonyl (C=O) groups excluding carboxylic acids is 1. The summed E-state index contributed by atoms with van der Waals surface area (Å²) in [5.74, 6) is -0.580. The van der Waals surface area contributed by atoms with Gasteiger partial charge in [0, 0.05) is 0 Å². The molecule has 0 bridgehead atoms. The summed E-state index contributed by atoms with van der Waals surface area (Å²) in [4.78, 5) is 23.2. The van der Waals surface area contributed by atoms with Crippen molar-refractivity contribution in [1.29, 1.82) is 0 Å². The quantitative estimate of drug-likeness (QED) is 0.728. The summed E-state index contributed by atoms with van der Waals surface area (Å²) in [5, 5.41) is 11.7.